The van der Waals surface area contributed by atoms with Crippen molar-refractivity contribution in [2.45, 2.75) is 19.3 Å². The molecule has 0 radical (unpaired) electrons. The molecule has 0 aromatic heterocycles. The largest absolute Gasteiger partial charge is 0.425 e. The molecule has 5 rings (SSSR count). The Kier molecular flexibility index (Phi) is 5.38. The van der Waals surface area contributed by atoms with E-state index in [1.807, 2.05) is 24.3 Å². The number of benzene rings is 3. The molecule has 2 unspecified atom stereocenters. The number of primary amides is 1. The zero-order valence-corrected chi connectivity index (χ0v) is 18.0. The van der Waals surface area contributed by atoms with Gasteiger partial charge in [0.1, 0.15) is 11.7 Å². The maximum Gasteiger partial charge on any atom is 0.322 e. The smallest absolute Gasteiger partial charge is 0.322 e. The Bertz CT molecular complexity index is 1270. The molecule has 0 saturated carbocycles. The lowest BCUT2D eigenvalue weighted by Gasteiger charge is -2.30. The number of ketones is 1. The summed E-state index contributed by atoms with van der Waals surface area (Å²) >= 11 is 0. The number of Topliss-reactive ketones (excluding diaryl/α,β-unsaturated/α-hetero) is 1. The van der Waals surface area contributed by atoms with E-state index in [0.717, 1.165) is 41.5 Å². The number of hydrogen-bond donors (Lipinski definition) is 1. The van der Waals surface area contributed by atoms with Crippen molar-refractivity contribution in [1.82, 2.24) is 0 Å². The Balaban J connectivity index is 1.39. The maximum absolute atomic E-state index is 13.1. The van der Waals surface area contributed by atoms with Gasteiger partial charge in [0.2, 0.25) is 5.91 Å². The Morgan fingerprint density at radius 3 is 2.18 bits per heavy atom. The van der Waals surface area contributed by atoms with Gasteiger partial charge in [-0.05, 0) is 71.7 Å². The highest BCUT2D eigenvalue weighted by atomic mass is 16.5. The summed E-state index contributed by atoms with van der Waals surface area (Å²) in [7, 11) is 0. The number of hydrogen-bond acceptors (Lipinski definition) is 4. The Hall–Kier alpha value is -3.99. The van der Waals surface area contributed by atoms with E-state index < -0.39 is 17.8 Å². The number of nitrogens with two attached hydrogens (primary N) is 1. The zero-order chi connectivity index (χ0) is 22.9. The van der Waals surface area contributed by atoms with Crippen molar-refractivity contribution in [3.8, 4) is 16.9 Å². The van der Waals surface area contributed by atoms with Crippen LogP contribution in [0.25, 0.3) is 16.7 Å². The summed E-state index contributed by atoms with van der Waals surface area (Å²) in [5.74, 6) is -1.68. The van der Waals surface area contributed by atoms with Crippen LogP contribution in [-0.2, 0) is 4.79 Å². The molecule has 1 amide bonds. The number of ether oxygens (including phenoxy) is 1. The molecule has 2 N–H and O–H groups in total. The first-order chi connectivity index (χ1) is 16.0. The monoisotopic (exact) mass is 437 g/mol. The van der Waals surface area contributed by atoms with E-state index in [4.69, 9.17) is 10.5 Å². The van der Waals surface area contributed by atoms with E-state index in [2.05, 4.69) is 18.2 Å². The van der Waals surface area contributed by atoms with Crippen molar-refractivity contribution in [2.24, 2.45) is 17.6 Å². The van der Waals surface area contributed by atoms with Crippen molar-refractivity contribution in [3.63, 3.8) is 0 Å². The fourth-order valence-electron chi connectivity index (χ4n) is 4.74. The predicted molar refractivity (Wildman–Crippen MR) is 126 cm³/mol. The van der Waals surface area contributed by atoms with E-state index >= 15 is 0 Å². The third-order valence-corrected chi connectivity index (χ3v) is 6.48. The molecule has 3 aromatic rings. The van der Waals surface area contributed by atoms with E-state index in [9.17, 15) is 14.4 Å². The average molecular weight is 437 g/mol. The van der Waals surface area contributed by atoms with Crippen molar-refractivity contribution in [3.05, 3.63) is 95.6 Å². The minimum Gasteiger partial charge on any atom is -0.425 e. The Morgan fingerprint density at radius 2 is 1.48 bits per heavy atom. The van der Waals surface area contributed by atoms with Gasteiger partial charge in [0.15, 0.2) is 5.78 Å². The van der Waals surface area contributed by atoms with Crippen LogP contribution in [0.3, 0.4) is 0 Å². The second-order valence-electron chi connectivity index (χ2n) is 8.53. The molecule has 0 fully saturated rings. The maximum atomic E-state index is 13.1. The third-order valence-electron chi connectivity index (χ3n) is 6.48. The van der Waals surface area contributed by atoms with E-state index in [-0.39, 0.29) is 11.7 Å². The minimum absolute atomic E-state index is 0.154. The normalized spacial score (nSPS) is 19.9. The number of carbonyl (C=O) groups excluding carboxylic acids is 3. The highest BCUT2D eigenvalue weighted by Crippen LogP contribution is 2.39. The van der Waals surface area contributed by atoms with Crippen LogP contribution < -0.4 is 10.5 Å². The van der Waals surface area contributed by atoms with Crippen LogP contribution in [0, 0.1) is 11.8 Å². The van der Waals surface area contributed by atoms with Crippen molar-refractivity contribution in [2.75, 3.05) is 0 Å². The molecule has 164 valence electrons. The lowest BCUT2D eigenvalue weighted by atomic mass is 9.76. The van der Waals surface area contributed by atoms with E-state index in [1.54, 1.807) is 36.4 Å². The van der Waals surface area contributed by atoms with Crippen molar-refractivity contribution >= 4 is 23.2 Å². The molecule has 1 aliphatic carbocycles. The molecule has 5 nitrogen and oxygen atoms in total. The second-order valence-corrected chi connectivity index (χ2v) is 8.53. The molecule has 1 aliphatic heterocycles. The van der Waals surface area contributed by atoms with E-state index in [1.165, 1.54) is 0 Å². The molecule has 3 aromatic carbocycles. The molecular formula is C28H23NO4. The summed E-state index contributed by atoms with van der Waals surface area (Å²) in [6.07, 6.45) is 4.67. The minimum atomic E-state index is -0.793. The van der Waals surface area contributed by atoms with Crippen LogP contribution in [0.4, 0.5) is 0 Å². The number of carbonyl (C=O) groups is 3. The summed E-state index contributed by atoms with van der Waals surface area (Å²) in [4.78, 5) is 37.0. The Morgan fingerprint density at radius 1 is 0.848 bits per heavy atom. The zero-order valence-electron chi connectivity index (χ0n) is 18.0. The summed E-state index contributed by atoms with van der Waals surface area (Å²) in [5.41, 5.74) is 10.5. The van der Waals surface area contributed by atoms with Crippen molar-refractivity contribution in [1.29, 1.82) is 0 Å². The van der Waals surface area contributed by atoms with Gasteiger partial charge < -0.3 is 10.5 Å². The molecule has 2 atom stereocenters. The van der Waals surface area contributed by atoms with Gasteiger partial charge in [-0.2, -0.15) is 0 Å². The molecule has 2 aliphatic rings. The number of para-hydroxylation sites is 1. The summed E-state index contributed by atoms with van der Waals surface area (Å²) < 4.78 is 5.48. The van der Waals surface area contributed by atoms with Gasteiger partial charge in [-0.25, -0.2) is 0 Å². The van der Waals surface area contributed by atoms with Gasteiger partial charge in [0, 0.05) is 5.56 Å². The number of amides is 1. The predicted octanol–water partition coefficient (Wildman–Crippen LogP) is 5.05. The molecular weight excluding hydrogens is 414 g/mol. The van der Waals surface area contributed by atoms with Gasteiger partial charge in [0.05, 0.1) is 5.56 Å². The topological polar surface area (TPSA) is 86.5 Å². The lowest BCUT2D eigenvalue weighted by Crippen LogP contribution is -2.38. The third kappa shape index (κ3) is 3.98. The molecule has 0 saturated heterocycles. The lowest BCUT2D eigenvalue weighted by molar-refractivity contribution is -0.139. The van der Waals surface area contributed by atoms with E-state index in [0.29, 0.717) is 16.9 Å². The van der Waals surface area contributed by atoms with Crippen LogP contribution in [-0.4, -0.2) is 17.7 Å². The number of allylic oxidation sites excluding steroid dienone is 2. The van der Waals surface area contributed by atoms with Gasteiger partial charge in [-0.15, -0.1) is 0 Å². The first kappa shape index (κ1) is 20.9. The molecule has 5 heteroatoms. The van der Waals surface area contributed by atoms with Crippen LogP contribution in [0.5, 0.6) is 5.75 Å². The fraction of sp³-hybridized carbons (Fsp3) is 0.179. The van der Waals surface area contributed by atoms with Crippen LogP contribution in [0.15, 0.2) is 78.9 Å². The van der Waals surface area contributed by atoms with Crippen LogP contribution in [0.1, 0.15) is 45.5 Å². The summed E-state index contributed by atoms with van der Waals surface area (Å²) in [6, 6.07) is 22.3. The van der Waals surface area contributed by atoms with Crippen LogP contribution in [0.2, 0.25) is 0 Å². The standard InChI is InChI=1S/C28H23NO4/c29-27(31)20-14-12-18(13-15-20)17-8-10-19(11-9-17)21-4-3-5-22(16-21)25-26(30)23-6-1-2-7-24(23)33-28(25)32/h1-2,6-16,22,25H,3-5H2,(H2,29,31). The average Bonchev–Trinajstić information content (AvgIpc) is 2.84. The van der Waals surface area contributed by atoms with Gasteiger partial charge >= 0.3 is 5.97 Å². The first-order valence-electron chi connectivity index (χ1n) is 11.1. The molecule has 33 heavy (non-hydrogen) atoms. The SMILES string of the molecule is NC(=O)c1ccc(-c2ccc(C3=CC(C4C(=O)Oc5ccccc5C4=O)CCC3)cc2)cc1. The highest BCUT2D eigenvalue weighted by Gasteiger charge is 2.41. The summed E-state index contributed by atoms with van der Waals surface area (Å²) in [6.45, 7) is 0. The first-order valence-corrected chi connectivity index (χ1v) is 11.1. The van der Waals surface area contributed by atoms with Gasteiger partial charge in [-0.3, -0.25) is 14.4 Å². The summed E-state index contributed by atoms with van der Waals surface area (Å²) in [5, 5.41) is 0. The highest BCUT2D eigenvalue weighted by molar-refractivity contribution is 6.13. The number of esters is 1. The second kappa shape index (κ2) is 8.51. The Labute approximate surface area is 191 Å². The van der Waals surface area contributed by atoms with Gasteiger partial charge in [-0.1, -0.05) is 54.6 Å². The van der Waals surface area contributed by atoms with Crippen LogP contribution >= 0.6 is 0 Å². The number of fused-ring (bicyclic) bond motifs is 1. The quantitative estimate of drug-likeness (QED) is 0.351. The fourth-order valence-corrected chi connectivity index (χ4v) is 4.74. The molecule has 0 bridgehead atoms. The number of rotatable bonds is 4. The van der Waals surface area contributed by atoms with Crippen molar-refractivity contribution < 1.29 is 19.1 Å². The molecule has 1 heterocycles. The molecule has 0 spiro atoms. The van der Waals surface area contributed by atoms with Gasteiger partial charge in [0.25, 0.3) is 0 Å².